The molecule has 1 nitrogen and oxygen atoms in total. The van der Waals surface area contributed by atoms with E-state index >= 15 is 0 Å². The van der Waals surface area contributed by atoms with Crippen LogP contribution in [-0.4, -0.2) is 5.78 Å². The molecule has 0 saturated heterocycles. The number of allylic oxidation sites excluding steroid dienone is 2. The maximum Gasteiger partial charge on any atom is 0.155 e. The number of ketones is 1. The van der Waals surface area contributed by atoms with Crippen LogP contribution in [0.25, 0.3) is 0 Å². The summed E-state index contributed by atoms with van der Waals surface area (Å²) < 4.78 is 0. The predicted molar refractivity (Wildman–Crippen MR) is 44.1 cm³/mol. The second-order valence-electron chi connectivity index (χ2n) is 4.32. The summed E-state index contributed by atoms with van der Waals surface area (Å²) in [6.07, 6.45) is 5.75. The Labute approximate surface area is 67.5 Å². The van der Waals surface area contributed by atoms with Gasteiger partial charge in [0.25, 0.3) is 0 Å². The Morgan fingerprint density at radius 1 is 1.55 bits per heavy atom. The first kappa shape index (κ1) is 7.08. The molecule has 0 spiro atoms. The summed E-state index contributed by atoms with van der Waals surface area (Å²) in [5.41, 5.74) is 0.483. The SMILES string of the molecule is CC1(C)[C@@H]2C=CC(=O)CC[C@@H]21. The molecule has 0 aromatic rings. The van der Waals surface area contributed by atoms with Gasteiger partial charge in [0.2, 0.25) is 0 Å². The minimum absolute atomic E-state index is 0.313. The van der Waals surface area contributed by atoms with Crippen LogP contribution in [0.1, 0.15) is 26.7 Å². The molecule has 0 aromatic carbocycles. The second-order valence-corrected chi connectivity index (χ2v) is 4.32. The fourth-order valence-corrected chi connectivity index (χ4v) is 2.31. The standard InChI is InChI=1S/C10H14O/c1-10(2)8-5-3-7(11)4-6-9(8)10/h3,5,8-9H,4,6H2,1-2H3/t8-,9+/m1/s1. The van der Waals surface area contributed by atoms with Crippen molar-refractivity contribution in [3.8, 4) is 0 Å². The van der Waals surface area contributed by atoms with Gasteiger partial charge in [0.05, 0.1) is 0 Å². The van der Waals surface area contributed by atoms with Gasteiger partial charge in [-0.25, -0.2) is 0 Å². The van der Waals surface area contributed by atoms with Crippen molar-refractivity contribution in [2.45, 2.75) is 26.7 Å². The van der Waals surface area contributed by atoms with Crippen LogP contribution in [0.2, 0.25) is 0 Å². The van der Waals surface area contributed by atoms with Crippen molar-refractivity contribution in [2.24, 2.45) is 17.3 Å². The highest BCUT2D eigenvalue weighted by Crippen LogP contribution is 2.61. The molecule has 0 heterocycles. The summed E-state index contributed by atoms with van der Waals surface area (Å²) in [5.74, 6) is 1.78. The van der Waals surface area contributed by atoms with E-state index in [2.05, 4.69) is 19.9 Å². The minimum atomic E-state index is 0.313. The summed E-state index contributed by atoms with van der Waals surface area (Å²) >= 11 is 0. The van der Waals surface area contributed by atoms with E-state index in [0.717, 1.165) is 18.8 Å². The van der Waals surface area contributed by atoms with Gasteiger partial charge in [0.15, 0.2) is 5.78 Å². The molecule has 60 valence electrons. The number of fused-ring (bicyclic) bond motifs is 1. The summed E-state index contributed by atoms with van der Waals surface area (Å²) in [5, 5.41) is 0. The Hall–Kier alpha value is -0.590. The summed E-state index contributed by atoms with van der Waals surface area (Å²) in [7, 11) is 0. The first-order valence-corrected chi connectivity index (χ1v) is 4.33. The Bertz CT molecular complexity index is 225. The highest BCUT2D eigenvalue weighted by molar-refractivity contribution is 5.90. The van der Waals surface area contributed by atoms with Gasteiger partial charge in [-0.1, -0.05) is 19.9 Å². The van der Waals surface area contributed by atoms with Crippen molar-refractivity contribution in [1.82, 2.24) is 0 Å². The van der Waals surface area contributed by atoms with E-state index in [9.17, 15) is 4.79 Å². The van der Waals surface area contributed by atoms with Crippen molar-refractivity contribution >= 4 is 5.78 Å². The number of carbonyl (C=O) groups excluding carboxylic acids is 1. The Morgan fingerprint density at radius 2 is 2.27 bits per heavy atom. The third-order valence-electron chi connectivity index (χ3n) is 3.33. The van der Waals surface area contributed by atoms with Crippen LogP contribution < -0.4 is 0 Å². The normalized spacial score (nSPS) is 39.6. The van der Waals surface area contributed by atoms with Gasteiger partial charge in [0, 0.05) is 6.42 Å². The lowest BCUT2D eigenvalue weighted by Crippen LogP contribution is -1.97. The molecule has 0 bridgehead atoms. The molecular formula is C10H14O. The fourth-order valence-electron chi connectivity index (χ4n) is 2.31. The quantitative estimate of drug-likeness (QED) is 0.517. The molecule has 0 radical (unpaired) electrons. The van der Waals surface area contributed by atoms with Gasteiger partial charge in [-0.3, -0.25) is 4.79 Å². The van der Waals surface area contributed by atoms with Crippen LogP contribution in [0.3, 0.4) is 0 Å². The van der Waals surface area contributed by atoms with Crippen LogP contribution in [0, 0.1) is 17.3 Å². The zero-order valence-electron chi connectivity index (χ0n) is 7.13. The van der Waals surface area contributed by atoms with Crippen LogP contribution in [-0.2, 0) is 4.79 Å². The van der Waals surface area contributed by atoms with E-state index in [1.54, 1.807) is 6.08 Å². The minimum Gasteiger partial charge on any atom is -0.295 e. The third-order valence-corrected chi connectivity index (χ3v) is 3.33. The second kappa shape index (κ2) is 1.96. The molecule has 1 fully saturated rings. The van der Waals surface area contributed by atoms with Gasteiger partial charge in [-0.2, -0.15) is 0 Å². The summed E-state index contributed by atoms with van der Waals surface area (Å²) in [6, 6.07) is 0. The van der Waals surface area contributed by atoms with E-state index < -0.39 is 0 Å². The van der Waals surface area contributed by atoms with Crippen molar-refractivity contribution in [3.63, 3.8) is 0 Å². The molecule has 11 heavy (non-hydrogen) atoms. The molecule has 0 unspecified atom stereocenters. The number of hydrogen-bond acceptors (Lipinski definition) is 1. The largest absolute Gasteiger partial charge is 0.295 e. The van der Waals surface area contributed by atoms with E-state index in [-0.39, 0.29) is 0 Å². The van der Waals surface area contributed by atoms with Gasteiger partial charge in [-0.05, 0) is 29.7 Å². The lowest BCUT2D eigenvalue weighted by Gasteiger charge is -2.01. The molecule has 0 aliphatic heterocycles. The highest BCUT2D eigenvalue weighted by Gasteiger charge is 2.55. The van der Waals surface area contributed by atoms with Crippen LogP contribution in [0.4, 0.5) is 0 Å². The average molecular weight is 150 g/mol. The maximum atomic E-state index is 11.0. The first-order chi connectivity index (χ1) is 5.12. The Morgan fingerprint density at radius 3 is 3.00 bits per heavy atom. The molecule has 2 atom stereocenters. The van der Waals surface area contributed by atoms with Crippen LogP contribution in [0.5, 0.6) is 0 Å². The molecule has 2 aliphatic rings. The number of rotatable bonds is 0. The third kappa shape index (κ3) is 0.943. The topological polar surface area (TPSA) is 17.1 Å². The number of hydrogen-bond donors (Lipinski definition) is 0. The van der Waals surface area contributed by atoms with E-state index in [0.29, 0.717) is 17.1 Å². The molecule has 0 amide bonds. The van der Waals surface area contributed by atoms with Gasteiger partial charge < -0.3 is 0 Å². The smallest absolute Gasteiger partial charge is 0.155 e. The zero-order chi connectivity index (χ0) is 8.06. The van der Waals surface area contributed by atoms with Gasteiger partial charge in [0.1, 0.15) is 0 Å². The monoisotopic (exact) mass is 150 g/mol. The van der Waals surface area contributed by atoms with Crippen molar-refractivity contribution < 1.29 is 4.79 Å². The summed E-state index contributed by atoms with van der Waals surface area (Å²) in [6.45, 7) is 4.59. The van der Waals surface area contributed by atoms with Gasteiger partial charge >= 0.3 is 0 Å². The molecular weight excluding hydrogens is 136 g/mol. The van der Waals surface area contributed by atoms with Crippen LogP contribution >= 0.6 is 0 Å². The van der Waals surface area contributed by atoms with Crippen molar-refractivity contribution in [3.05, 3.63) is 12.2 Å². The molecule has 0 aromatic heterocycles. The van der Waals surface area contributed by atoms with Crippen molar-refractivity contribution in [2.75, 3.05) is 0 Å². The van der Waals surface area contributed by atoms with Gasteiger partial charge in [-0.15, -0.1) is 0 Å². The molecule has 1 saturated carbocycles. The first-order valence-electron chi connectivity index (χ1n) is 4.33. The lowest BCUT2D eigenvalue weighted by molar-refractivity contribution is -0.114. The lowest BCUT2D eigenvalue weighted by atomic mass is 10.0. The van der Waals surface area contributed by atoms with E-state index in [1.807, 2.05) is 0 Å². The molecule has 2 rings (SSSR count). The zero-order valence-corrected chi connectivity index (χ0v) is 7.13. The Balaban J connectivity index is 2.17. The molecule has 2 aliphatic carbocycles. The summed E-state index contributed by atoms with van der Waals surface area (Å²) in [4.78, 5) is 11.0. The highest BCUT2D eigenvalue weighted by atomic mass is 16.1. The number of carbonyl (C=O) groups is 1. The maximum absolute atomic E-state index is 11.0. The van der Waals surface area contributed by atoms with E-state index in [4.69, 9.17) is 0 Å². The predicted octanol–water partition coefficient (Wildman–Crippen LogP) is 2.18. The van der Waals surface area contributed by atoms with Crippen molar-refractivity contribution in [1.29, 1.82) is 0 Å². The molecule has 0 N–H and O–H groups in total. The van der Waals surface area contributed by atoms with Crippen LogP contribution in [0.15, 0.2) is 12.2 Å². The molecule has 1 heteroatoms. The van der Waals surface area contributed by atoms with E-state index in [1.165, 1.54) is 0 Å². The average Bonchev–Trinajstić information content (AvgIpc) is 2.51. The Kier molecular flexibility index (Phi) is 1.26. The fraction of sp³-hybridized carbons (Fsp3) is 0.700.